The van der Waals surface area contributed by atoms with Crippen LogP contribution in [-0.2, 0) is 9.53 Å². The van der Waals surface area contributed by atoms with E-state index in [0.717, 1.165) is 38.5 Å². The lowest BCUT2D eigenvalue weighted by molar-refractivity contribution is -0.161. The summed E-state index contributed by atoms with van der Waals surface area (Å²) in [5, 5.41) is 10.2. The second-order valence-electron chi connectivity index (χ2n) is 6.00. The van der Waals surface area contributed by atoms with E-state index in [1.807, 2.05) is 13.8 Å². The SMILES string of the molecule is CCC(CC)C(O)C(=O)C1CCOC2(CCC2)C1. The van der Waals surface area contributed by atoms with Gasteiger partial charge >= 0.3 is 0 Å². The molecule has 1 N–H and O–H groups in total. The van der Waals surface area contributed by atoms with E-state index in [1.54, 1.807) is 0 Å². The smallest absolute Gasteiger partial charge is 0.164 e. The fraction of sp³-hybridized carbons (Fsp3) is 0.933. The van der Waals surface area contributed by atoms with Crippen LogP contribution in [0, 0.1) is 11.8 Å². The first-order valence-electron chi connectivity index (χ1n) is 7.47. The number of aliphatic hydroxyl groups is 1. The number of hydrogen-bond donors (Lipinski definition) is 1. The molecule has 0 aromatic rings. The molecular formula is C15H26O3. The standard InChI is InChI=1S/C15H26O3/c1-3-11(4-2)13(16)14(17)12-6-9-18-15(10-12)7-5-8-15/h11-13,16H,3-10H2,1-2H3. The molecule has 0 amide bonds. The van der Waals surface area contributed by atoms with Crippen molar-refractivity contribution in [2.45, 2.75) is 70.5 Å². The Bertz CT molecular complexity index is 292. The molecule has 1 heterocycles. The second-order valence-corrected chi connectivity index (χ2v) is 6.00. The molecule has 1 saturated heterocycles. The van der Waals surface area contributed by atoms with E-state index >= 15 is 0 Å². The van der Waals surface area contributed by atoms with Gasteiger partial charge in [-0.15, -0.1) is 0 Å². The lowest BCUT2D eigenvalue weighted by atomic mass is 9.70. The summed E-state index contributed by atoms with van der Waals surface area (Å²) in [4.78, 5) is 12.4. The predicted molar refractivity (Wildman–Crippen MR) is 70.3 cm³/mol. The van der Waals surface area contributed by atoms with Crippen molar-refractivity contribution < 1.29 is 14.6 Å². The van der Waals surface area contributed by atoms with Crippen molar-refractivity contribution in [2.75, 3.05) is 6.61 Å². The monoisotopic (exact) mass is 254 g/mol. The molecule has 2 unspecified atom stereocenters. The third-order valence-corrected chi connectivity index (χ3v) is 4.95. The summed E-state index contributed by atoms with van der Waals surface area (Å²) < 4.78 is 5.84. The minimum absolute atomic E-state index is 0.00772. The van der Waals surface area contributed by atoms with Gasteiger partial charge in [0.15, 0.2) is 5.78 Å². The van der Waals surface area contributed by atoms with Gasteiger partial charge in [-0.25, -0.2) is 0 Å². The van der Waals surface area contributed by atoms with Crippen molar-refractivity contribution in [1.29, 1.82) is 0 Å². The first-order chi connectivity index (χ1) is 8.62. The van der Waals surface area contributed by atoms with Gasteiger partial charge in [-0.3, -0.25) is 4.79 Å². The average Bonchev–Trinajstić information content (AvgIpc) is 2.37. The van der Waals surface area contributed by atoms with E-state index in [4.69, 9.17) is 4.74 Å². The molecule has 2 aliphatic rings. The van der Waals surface area contributed by atoms with Crippen LogP contribution in [0.4, 0.5) is 0 Å². The van der Waals surface area contributed by atoms with E-state index in [9.17, 15) is 9.90 Å². The van der Waals surface area contributed by atoms with Gasteiger partial charge in [0.05, 0.1) is 5.60 Å². The Hall–Kier alpha value is -0.410. The molecule has 2 fully saturated rings. The van der Waals surface area contributed by atoms with E-state index in [-0.39, 0.29) is 23.2 Å². The maximum Gasteiger partial charge on any atom is 0.164 e. The molecule has 1 aliphatic carbocycles. The highest BCUT2D eigenvalue weighted by Gasteiger charge is 2.45. The summed E-state index contributed by atoms with van der Waals surface area (Å²) in [6, 6.07) is 0. The second kappa shape index (κ2) is 5.70. The number of carbonyl (C=O) groups is 1. The molecule has 2 atom stereocenters. The summed E-state index contributed by atoms with van der Waals surface area (Å²) in [5.41, 5.74) is -0.00772. The first-order valence-corrected chi connectivity index (χ1v) is 7.47. The summed E-state index contributed by atoms with van der Waals surface area (Å²) in [5.74, 6) is 0.214. The lowest BCUT2D eigenvalue weighted by Gasteiger charge is -2.47. The predicted octanol–water partition coefficient (Wildman–Crippen LogP) is 2.70. The maximum atomic E-state index is 12.4. The van der Waals surface area contributed by atoms with E-state index < -0.39 is 6.10 Å². The molecule has 2 rings (SSSR count). The van der Waals surface area contributed by atoms with Gasteiger partial charge in [0, 0.05) is 12.5 Å². The number of Topliss-reactive ketones (excluding diaryl/α,β-unsaturated/α-hetero) is 1. The Morgan fingerprint density at radius 1 is 1.39 bits per heavy atom. The fourth-order valence-electron chi connectivity index (χ4n) is 3.40. The largest absolute Gasteiger partial charge is 0.385 e. The number of carbonyl (C=O) groups excluding carboxylic acids is 1. The highest BCUT2D eigenvalue weighted by Crippen LogP contribution is 2.44. The molecule has 1 aliphatic heterocycles. The van der Waals surface area contributed by atoms with E-state index in [1.165, 1.54) is 6.42 Å². The Balaban J connectivity index is 1.95. The zero-order valence-electron chi connectivity index (χ0n) is 11.7. The van der Waals surface area contributed by atoms with Crippen LogP contribution in [0.3, 0.4) is 0 Å². The summed E-state index contributed by atoms with van der Waals surface area (Å²) in [6.07, 6.45) is 6.02. The van der Waals surface area contributed by atoms with Gasteiger partial charge in [-0.2, -0.15) is 0 Å². The topological polar surface area (TPSA) is 46.5 Å². The fourth-order valence-corrected chi connectivity index (χ4v) is 3.40. The molecule has 0 aromatic carbocycles. The van der Waals surface area contributed by atoms with Crippen molar-refractivity contribution in [1.82, 2.24) is 0 Å². The summed E-state index contributed by atoms with van der Waals surface area (Å²) in [6.45, 7) is 4.77. The third-order valence-electron chi connectivity index (χ3n) is 4.95. The van der Waals surface area contributed by atoms with Crippen LogP contribution >= 0.6 is 0 Å². The van der Waals surface area contributed by atoms with Crippen LogP contribution in [0.15, 0.2) is 0 Å². The van der Waals surface area contributed by atoms with Gasteiger partial charge in [-0.1, -0.05) is 26.7 Å². The summed E-state index contributed by atoms with van der Waals surface area (Å²) in [7, 11) is 0. The molecule has 3 heteroatoms. The van der Waals surface area contributed by atoms with Gasteiger partial charge < -0.3 is 9.84 Å². The number of hydrogen-bond acceptors (Lipinski definition) is 3. The van der Waals surface area contributed by atoms with Crippen molar-refractivity contribution in [3.8, 4) is 0 Å². The van der Waals surface area contributed by atoms with Gasteiger partial charge in [0.1, 0.15) is 6.10 Å². The molecule has 0 aromatic heterocycles. The van der Waals surface area contributed by atoms with E-state index in [0.29, 0.717) is 6.61 Å². The molecule has 1 spiro atoms. The summed E-state index contributed by atoms with van der Waals surface area (Å²) >= 11 is 0. The quantitative estimate of drug-likeness (QED) is 0.820. The van der Waals surface area contributed by atoms with Crippen molar-refractivity contribution in [3.63, 3.8) is 0 Å². The molecule has 3 nitrogen and oxygen atoms in total. The highest BCUT2D eigenvalue weighted by molar-refractivity contribution is 5.85. The number of aliphatic hydroxyl groups excluding tert-OH is 1. The van der Waals surface area contributed by atoms with Crippen molar-refractivity contribution in [3.05, 3.63) is 0 Å². The minimum atomic E-state index is -0.764. The van der Waals surface area contributed by atoms with Gasteiger partial charge in [0.2, 0.25) is 0 Å². The average molecular weight is 254 g/mol. The maximum absolute atomic E-state index is 12.4. The Morgan fingerprint density at radius 3 is 2.56 bits per heavy atom. The molecule has 104 valence electrons. The van der Waals surface area contributed by atoms with E-state index in [2.05, 4.69) is 0 Å². The highest BCUT2D eigenvalue weighted by atomic mass is 16.5. The van der Waals surface area contributed by atoms with Crippen LogP contribution in [0.2, 0.25) is 0 Å². The van der Waals surface area contributed by atoms with Gasteiger partial charge in [-0.05, 0) is 38.0 Å². The van der Waals surface area contributed by atoms with Crippen molar-refractivity contribution >= 4 is 5.78 Å². The van der Waals surface area contributed by atoms with Crippen LogP contribution in [0.25, 0.3) is 0 Å². The Kier molecular flexibility index (Phi) is 4.44. The third kappa shape index (κ3) is 2.62. The number of ether oxygens (including phenoxy) is 1. The zero-order chi connectivity index (χ0) is 13.2. The van der Waals surface area contributed by atoms with Gasteiger partial charge in [0.25, 0.3) is 0 Å². The Morgan fingerprint density at radius 2 is 2.06 bits per heavy atom. The Labute approximate surface area is 110 Å². The molecular weight excluding hydrogens is 228 g/mol. The first kappa shape index (κ1) is 14.0. The number of ketones is 1. The zero-order valence-corrected chi connectivity index (χ0v) is 11.7. The molecule has 1 saturated carbocycles. The van der Waals surface area contributed by atoms with Crippen LogP contribution < -0.4 is 0 Å². The van der Waals surface area contributed by atoms with Crippen LogP contribution in [0.5, 0.6) is 0 Å². The van der Waals surface area contributed by atoms with Crippen LogP contribution in [0.1, 0.15) is 58.8 Å². The van der Waals surface area contributed by atoms with Crippen molar-refractivity contribution in [2.24, 2.45) is 11.8 Å². The molecule has 0 radical (unpaired) electrons. The normalized spacial score (nSPS) is 28.1. The van der Waals surface area contributed by atoms with Crippen LogP contribution in [-0.4, -0.2) is 29.2 Å². The number of rotatable bonds is 5. The lowest BCUT2D eigenvalue weighted by Crippen LogP contribution is -2.49. The molecule has 18 heavy (non-hydrogen) atoms. The minimum Gasteiger partial charge on any atom is -0.385 e. The molecule has 0 bridgehead atoms.